The van der Waals surface area contributed by atoms with Gasteiger partial charge in [-0.05, 0) is 37.4 Å². The SMILES string of the molecule is C=CC(O)CCCCO[Si](C)(C)C(C)(C)C. The average molecular weight is 244 g/mol. The Morgan fingerprint density at radius 2 is 1.88 bits per heavy atom. The molecule has 2 nitrogen and oxygen atoms in total. The van der Waals surface area contributed by atoms with Gasteiger partial charge >= 0.3 is 0 Å². The van der Waals surface area contributed by atoms with Crippen LogP contribution in [0, 0.1) is 0 Å². The second-order valence-electron chi connectivity index (χ2n) is 5.91. The third-order valence-electron chi connectivity index (χ3n) is 3.44. The van der Waals surface area contributed by atoms with Gasteiger partial charge in [0.15, 0.2) is 8.32 Å². The molecule has 1 N–H and O–H groups in total. The number of aliphatic hydroxyl groups excluding tert-OH is 1. The van der Waals surface area contributed by atoms with Crippen molar-refractivity contribution < 1.29 is 9.53 Å². The second-order valence-corrected chi connectivity index (χ2v) is 10.7. The van der Waals surface area contributed by atoms with Crippen LogP contribution in [0.1, 0.15) is 40.0 Å². The van der Waals surface area contributed by atoms with Crippen molar-refractivity contribution in [1.82, 2.24) is 0 Å². The van der Waals surface area contributed by atoms with Gasteiger partial charge in [-0.3, -0.25) is 0 Å². The molecule has 3 heteroatoms. The standard InChI is InChI=1S/C13H28O2Si/c1-7-12(14)10-8-9-11-15-16(5,6)13(2,3)4/h7,12,14H,1,8-11H2,2-6H3. The van der Waals surface area contributed by atoms with Crippen LogP contribution in [0.3, 0.4) is 0 Å². The molecule has 1 unspecified atom stereocenters. The molecule has 0 aromatic carbocycles. The summed E-state index contributed by atoms with van der Waals surface area (Å²) in [7, 11) is -1.57. The molecule has 0 aliphatic rings. The first-order chi connectivity index (χ1) is 7.20. The van der Waals surface area contributed by atoms with Gasteiger partial charge in [0.05, 0.1) is 6.10 Å². The fourth-order valence-corrected chi connectivity index (χ4v) is 2.20. The van der Waals surface area contributed by atoms with E-state index >= 15 is 0 Å². The van der Waals surface area contributed by atoms with Crippen LogP contribution in [0.5, 0.6) is 0 Å². The largest absolute Gasteiger partial charge is 0.417 e. The van der Waals surface area contributed by atoms with E-state index in [2.05, 4.69) is 40.4 Å². The Morgan fingerprint density at radius 1 is 1.31 bits per heavy atom. The summed E-state index contributed by atoms with van der Waals surface area (Å²) in [6.07, 6.45) is 4.06. The highest BCUT2D eigenvalue weighted by Crippen LogP contribution is 2.36. The Labute approximate surface area is 102 Å². The van der Waals surface area contributed by atoms with Crippen molar-refractivity contribution in [1.29, 1.82) is 0 Å². The molecule has 0 bridgehead atoms. The van der Waals surface area contributed by atoms with Crippen LogP contribution < -0.4 is 0 Å². The van der Waals surface area contributed by atoms with Crippen LogP contribution in [0.25, 0.3) is 0 Å². The van der Waals surface area contributed by atoms with Crippen molar-refractivity contribution in [2.75, 3.05) is 6.61 Å². The Morgan fingerprint density at radius 3 is 2.31 bits per heavy atom. The minimum absolute atomic E-state index is 0.285. The first-order valence-corrected chi connectivity index (χ1v) is 9.06. The van der Waals surface area contributed by atoms with Crippen LogP contribution in [0.15, 0.2) is 12.7 Å². The lowest BCUT2D eigenvalue weighted by Gasteiger charge is -2.36. The zero-order valence-electron chi connectivity index (χ0n) is 11.5. The van der Waals surface area contributed by atoms with Gasteiger partial charge in [0, 0.05) is 6.61 Å². The van der Waals surface area contributed by atoms with Crippen molar-refractivity contribution in [3.05, 3.63) is 12.7 Å². The number of unbranched alkanes of at least 4 members (excludes halogenated alkanes) is 1. The molecule has 0 saturated heterocycles. The zero-order chi connectivity index (χ0) is 12.8. The van der Waals surface area contributed by atoms with Crippen LogP contribution >= 0.6 is 0 Å². The van der Waals surface area contributed by atoms with E-state index in [0.29, 0.717) is 0 Å². The van der Waals surface area contributed by atoms with Gasteiger partial charge in [-0.25, -0.2) is 0 Å². The van der Waals surface area contributed by atoms with Gasteiger partial charge in [-0.2, -0.15) is 0 Å². The smallest absolute Gasteiger partial charge is 0.191 e. The van der Waals surface area contributed by atoms with Crippen molar-refractivity contribution in [2.45, 2.75) is 64.3 Å². The molecule has 0 saturated carbocycles. The molecule has 0 aliphatic heterocycles. The summed E-state index contributed by atoms with van der Waals surface area (Å²) in [6.45, 7) is 15.7. The van der Waals surface area contributed by atoms with Gasteiger partial charge in [0.25, 0.3) is 0 Å². The van der Waals surface area contributed by atoms with Crippen LogP contribution in [-0.2, 0) is 4.43 Å². The third-order valence-corrected chi connectivity index (χ3v) is 7.97. The number of hydrogen-bond acceptors (Lipinski definition) is 2. The highest BCUT2D eigenvalue weighted by molar-refractivity contribution is 6.74. The van der Waals surface area contributed by atoms with Gasteiger partial charge in [-0.15, -0.1) is 6.58 Å². The van der Waals surface area contributed by atoms with Crippen LogP contribution in [0.4, 0.5) is 0 Å². The number of aliphatic hydroxyl groups is 1. The molecule has 16 heavy (non-hydrogen) atoms. The molecule has 0 fully saturated rings. The molecule has 0 rings (SSSR count). The van der Waals surface area contributed by atoms with E-state index in [9.17, 15) is 5.11 Å². The quantitative estimate of drug-likeness (QED) is 0.420. The van der Waals surface area contributed by atoms with Gasteiger partial charge in [0.1, 0.15) is 0 Å². The normalized spacial score (nSPS) is 14.9. The van der Waals surface area contributed by atoms with Crippen molar-refractivity contribution in [3.63, 3.8) is 0 Å². The summed E-state index contributed by atoms with van der Waals surface area (Å²) in [4.78, 5) is 0. The molecule has 0 spiro atoms. The molecule has 96 valence electrons. The Bertz CT molecular complexity index is 206. The average Bonchev–Trinajstić information content (AvgIpc) is 2.15. The van der Waals surface area contributed by atoms with Crippen LogP contribution in [-0.4, -0.2) is 26.1 Å². The highest BCUT2D eigenvalue weighted by Gasteiger charge is 2.36. The molecule has 0 amide bonds. The Hall–Kier alpha value is -0.123. The van der Waals surface area contributed by atoms with E-state index in [1.165, 1.54) is 0 Å². The zero-order valence-corrected chi connectivity index (χ0v) is 12.5. The summed E-state index contributed by atoms with van der Waals surface area (Å²) < 4.78 is 6.04. The van der Waals surface area contributed by atoms with Gasteiger partial charge < -0.3 is 9.53 Å². The van der Waals surface area contributed by atoms with Crippen molar-refractivity contribution >= 4 is 8.32 Å². The summed E-state index contributed by atoms with van der Waals surface area (Å²) in [5.74, 6) is 0. The first kappa shape index (κ1) is 15.9. The fourth-order valence-electron chi connectivity index (χ4n) is 1.12. The molecular weight excluding hydrogens is 216 g/mol. The van der Waals surface area contributed by atoms with Gasteiger partial charge in [0.2, 0.25) is 0 Å². The molecule has 0 aromatic heterocycles. The van der Waals surface area contributed by atoms with Crippen molar-refractivity contribution in [3.8, 4) is 0 Å². The molecule has 0 radical (unpaired) electrons. The van der Waals surface area contributed by atoms with E-state index in [4.69, 9.17) is 4.43 Å². The Kier molecular flexibility index (Phi) is 6.52. The number of rotatable bonds is 7. The summed E-state index contributed by atoms with van der Waals surface area (Å²) >= 11 is 0. The van der Waals surface area contributed by atoms with E-state index in [0.717, 1.165) is 25.9 Å². The molecule has 1 atom stereocenters. The lowest BCUT2D eigenvalue weighted by atomic mass is 10.1. The van der Waals surface area contributed by atoms with Crippen LogP contribution in [0.2, 0.25) is 18.1 Å². The number of hydrogen-bond donors (Lipinski definition) is 1. The van der Waals surface area contributed by atoms with E-state index < -0.39 is 8.32 Å². The summed E-state index contributed by atoms with van der Waals surface area (Å²) in [5.41, 5.74) is 0. The Balaban J connectivity index is 3.70. The minimum Gasteiger partial charge on any atom is -0.417 e. The maximum Gasteiger partial charge on any atom is 0.191 e. The van der Waals surface area contributed by atoms with Crippen molar-refractivity contribution in [2.24, 2.45) is 0 Å². The molecule has 0 aromatic rings. The fraction of sp³-hybridized carbons (Fsp3) is 0.846. The third kappa shape index (κ3) is 5.82. The maximum absolute atomic E-state index is 9.30. The van der Waals surface area contributed by atoms with E-state index in [-0.39, 0.29) is 11.1 Å². The predicted molar refractivity (Wildman–Crippen MR) is 73.2 cm³/mol. The summed E-state index contributed by atoms with van der Waals surface area (Å²) in [5, 5.41) is 9.58. The van der Waals surface area contributed by atoms with E-state index in [1.807, 2.05) is 0 Å². The van der Waals surface area contributed by atoms with Gasteiger partial charge in [-0.1, -0.05) is 26.8 Å². The minimum atomic E-state index is -1.57. The maximum atomic E-state index is 9.30. The molecular formula is C13H28O2Si. The second kappa shape index (κ2) is 6.57. The lowest BCUT2D eigenvalue weighted by Crippen LogP contribution is -2.40. The van der Waals surface area contributed by atoms with E-state index in [1.54, 1.807) is 6.08 Å². The first-order valence-electron chi connectivity index (χ1n) is 6.15. The molecule has 0 heterocycles. The molecule has 0 aliphatic carbocycles. The topological polar surface area (TPSA) is 29.5 Å². The monoisotopic (exact) mass is 244 g/mol. The predicted octanol–water partition coefficient (Wildman–Crippen LogP) is 3.73. The highest BCUT2D eigenvalue weighted by atomic mass is 28.4. The lowest BCUT2D eigenvalue weighted by molar-refractivity contribution is 0.201. The summed E-state index contributed by atoms with van der Waals surface area (Å²) in [6, 6.07) is 0.